The summed E-state index contributed by atoms with van der Waals surface area (Å²) in [6.07, 6.45) is 6.73. The van der Waals surface area contributed by atoms with Crippen molar-refractivity contribution in [1.29, 1.82) is 0 Å². The van der Waals surface area contributed by atoms with Gasteiger partial charge in [-0.2, -0.15) is 0 Å². The van der Waals surface area contributed by atoms with Gasteiger partial charge in [0.05, 0.1) is 11.8 Å². The van der Waals surface area contributed by atoms with E-state index in [1.54, 1.807) is 16.2 Å². The first-order chi connectivity index (χ1) is 14.0. The molecule has 156 valence electrons. The molecule has 0 spiro atoms. The van der Waals surface area contributed by atoms with Gasteiger partial charge >= 0.3 is 5.97 Å². The normalized spacial score (nSPS) is 19.2. The third kappa shape index (κ3) is 4.52. The zero-order valence-corrected chi connectivity index (χ0v) is 17.6. The minimum Gasteiger partial charge on any atom is -0.456 e. The molecule has 0 aromatic carbocycles. The summed E-state index contributed by atoms with van der Waals surface area (Å²) >= 11 is 1.59. The number of carbonyl (C=O) groups is 2. The van der Waals surface area contributed by atoms with Crippen molar-refractivity contribution in [2.45, 2.75) is 58.3 Å². The highest BCUT2D eigenvalue weighted by atomic mass is 32.1. The predicted octanol–water partition coefficient (Wildman–Crippen LogP) is 2.60. The second kappa shape index (κ2) is 8.65. The largest absolute Gasteiger partial charge is 0.456 e. The molecule has 3 heterocycles. The number of aromatic amines is 1. The van der Waals surface area contributed by atoms with Crippen molar-refractivity contribution in [2.75, 3.05) is 19.7 Å². The monoisotopic (exact) mass is 417 g/mol. The zero-order chi connectivity index (χ0) is 20.4. The van der Waals surface area contributed by atoms with Crippen LogP contribution in [0.15, 0.2) is 4.79 Å². The molecule has 4 rings (SSSR count). The fraction of sp³-hybridized carbons (Fsp3) is 0.619. The molecule has 2 aliphatic rings. The Labute approximate surface area is 173 Å². The molecule has 0 bridgehead atoms. The highest BCUT2D eigenvalue weighted by Gasteiger charge is 2.22. The maximum Gasteiger partial charge on any atom is 0.306 e. The van der Waals surface area contributed by atoms with Crippen LogP contribution in [-0.4, -0.2) is 46.4 Å². The number of rotatable bonds is 5. The van der Waals surface area contributed by atoms with Crippen LogP contribution in [0.5, 0.6) is 0 Å². The summed E-state index contributed by atoms with van der Waals surface area (Å²) in [6.45, 7) is 3.37. The van der Waals surface area contributed by atoms with E-state index in [0.29, 0.717) is 18.2 Å². The molecule has 0 unspecified atom stereocenters. The van der Waals surface area contributed by atoms with Crippen molar-refractivity contribution in [2.24, 2.45) is 5.92 Å². The van der Waals surface area contributed by atoms with Gasteiger partial charge in [-0.15, -0.1) is 11.3 Å². The lowest BCUT2D eigenvalue weighted by Crippen LogP contribution is -2.41. The number of nitrogens with zero attached hydrogens (tertiary/aromatic N) is 2. The van der Waals surface area contributed by atoms with E-state index < -0.39 is 5.97 Å². The number of aryl methyl sites for hydroxylation is 3. The maximum absolute atomic E-state index is 12.5. The molecule has 2 aromatic rings. The van der Waals surface area contributed by atoms with E-state index in [1.165, 1.54) is 4.88 Å². The number of likely N-dealkylation sites (tertiary alicyclic amines) is 1. The Morgan fingerprint density at radius 1 is 1.28 bits per heavy atom. The van der Waals surface area contributed by atoms with E-state index in [-0.39, 0.29) is 24.5 Å². The number of carbonyl (C=O) groups excluding carboxylic acids is 2. The molecule has 0 saturated carbocycles. The average molecular weight is 418 g/mol. The first-order valence-corrected chi connectivity index (χ1v) is 11.3. The first-order valence-electron chi connectivity index (χ1n) is 10.5. The molecule has 2 aromatic heterocycles. The topological polar surface area (TPSA) is 92.4 Å². The Kier molecular flexibility index (Phi) is 5.99. The van der Waals surface area contributed by atoms with E-state index in [4.69, 9.17) is 4.74 Å². The molecule has 1 atom stereocenters. The van der Waals surface area contributed by atoms with Crippen molar-refractivity contribution in [3.63, 3.8) is 0 Å². The van der Waals surface area contributed by atoms with Gasteiger partial charge in [-0.25, -0.2) is 4.98 Å². The Balaban J connectivity index is 1.33. The Morgan fingerprint density at radius 3 is 2.93 bits per heavy atom. The summed E-state index contributed by atoms with van der Waals surface area (Å²) in [7, 11) is 0. The van der Waals surface area contributed by atoms with Crippen LogP contribution in [0.4, 0.5) is 0 Å². The summed E-state index contributed by atoms with van der Waals surface area (Å²) in [5.74, 6) is 0.400. The molecule has 1 aliphatic heterocycles. The summed E-state index contributed by atoms with van der Waals surface area (Å²) in [5.41, 5.74) is 1.04. The van der Waals surface area contributed by atoms with Gasteiger partial charge in [0.15, 0.2) is 6.61 Å². The minimum absolute atomic E-state index is 0.0865. The molecular weight excluding hydrogens is 390 g/mol. The highest BCUT2D eigenvalue weighted by Crippen LogP contribution is 2.33. The van der Waals surface area contributed by atoms with Gasteiger partial charge in [-0.1, -0.05) is 6.92 Å². The Hall–Kier alpha value is -2.22. The van der Waals surface area contributed by atoms with E-state index in [0.717, 1.165) is 67.4 Å². The number of hydrogen-bond donors (Lipinski definition) is 1. The predicted molar refractivity (Wildman–Crippen MR) is 111 cm³/mol. The third-order valence-electron chi connectivity index (χ3n) is 5.81. The SMILES string of the molecule is C[C@@H]1CCCN(C(=O)COC(=O)CCc2nc3sc4c(c3c(=O)[nH]2)CCCC4)C1. The van der Waals surface area contributed by atoms with Gasteiger partial charge in [0.2, 0.25) is 0 Å². The summed E-state index contributed by atoms with van der Waals surface area (Å²) in [6, 6.07) is 0. The summed E-state index contributed by atoms with van der Waals surface area (Å²) in [4.78, 5) is 48.0. The number of piperidine rings is 1. The number of amides is 1. The molecule has 8 heteroatoms. The number of H-pyrrole nitrogens is 1. The van der Waals surface area contributed by atoms with Crippen LogP contribution < -0.4 is 5.56 Å². The minimum atomic E-state index is -0.448. The fourth-order valence-electron chi connectivity index (χ4n) is 4.27. The number of esters is 1. The van der Waals surface area contributed by atoms with E-state index >= 15 is 0 Å². The Bertz CT molecular complexity index is 980. The van der Waals surface area contributed by atoms with Crippen molar-refractivity contribution in [1.82, 2.24) is 14.9 Å². The van der Waals surface area contributed by atoms with Crippen LogP contribution in [0, 0.1) is 5.92 Å². The standard InChI is InChI=1S/C21H27N3O4S/c1-13-5-4-10-24(11-13)17(25)12-28-18(26)9-8-16-22-20(27)19-14-6-2-3-7-15(14)29-21(19)23-16/h13H,2-12H2,1H3,(H,22,23,27)/t13-/m1/s1. The number of ether oxygens (including phenoxy) is 1. The van der Waals surface area contributed by atoms with Crippen LogP contribution in [0.3, 0.4) is 0 Å². The molecule has 29 heavy (non-hydrogen) atoms. The Morgan fingerprint density at radius 2 is 2.10 bits per heavy atom. The molecule has 1 saturated heterocycles. The van der Waals surface area contributed by atoms with E-state index in [2.05, 4.69) is 16.9 Å². The van der Waals surface area contributed by atoms with Crippen LogP contribution >= 0.6 is 11.3 Å². The molecule has 1 fully saturated rings. The number of fused-ring (bicyclic) bond motifs is 3. The highest BCUT2D eigenvalue weighted by molar-refractivity contribution is 7.18. The summed E-state index contributed by atoms with van der Waals surface area (Å²) < 4.78 is 5.15. The number of nitrogens with one attached hydrogen (secondary N) is 1. The van der Waals surface area contributed by atoms with Crippen LogP contribution in [0.1, 0.15) is 55.3 Å². The molecule has 7 nitrogen and oxygen atoms in total. The van der Waals surface area contributed by atoms with Crippen LogP contribution in [0.2, 0.25) is 0 Å². The second-order valence-electron chi connectivity index (χ2n) is 8.15. The van der Waals surface area contributed by atoms with Gasteiger partial charge in [-0.05, 0) is 50.0 Å². The smallest absolute Gasteiger partial charge is 0.306 e. The summed E-state index contributed by atoms with van der Waals surface area (Å²) in [5, 5.41) is 0.720. The maximum atomic E-state index is 12.5. The number of thiophene rings is 1. The lowest BCUT2D eigenvalue weighted by molar-refractivity contribution is -0.152. The second-order valence-corrected chi connectivity index (χ2v) is 9.24. The van der Waals surface area contributed by atoms with Crippen LogP contribution in [-0.2, 0) is 33.6 Å². The molecule has 1 amide bonds. The van der Waals surface area contributed by atoms with Gasteiger partial charge in [0.1, 0.15) is 10.7 Å². The van der Waals surface area contributed by atoms with Crippen LogP contribution in [0.25, 0.3) is 10.2 Å². The van der Waals surface area contributed by atoms with E-state index in [9.17, 15) is 14.4 Å². The fourth-order valence-corrected chi connectivity index (χ4v) is 5.55. The molecule has 1 aliphatic carbocycles. The average Bonchev–Trinajstić information content (AvgIpc) is 3.09. The zero-order valence-electron chi connectivity index (χ0n) is 16.8. The number of hydrogen-bond acceptors (Lipinski definition) is 6. The molecule has 1 N–H and O–H groups in total. The third-order valence-corrected chi connectivity index (χ3v) is 6.99. The number of aromatic nitrogens is 2. The lowest BCUT2D eigenvalue weighted by Gasteiger charge is -2.30. The van der Waals surface area contributed by atoms with E-state index in [1.807, 2.05) is 0 Å². The van der Waals surface area contributed by atoms with Gasteiger partial charge in [0, 0.05) is 24.4 Å². The molecule has 0 radical (unpaired) electrons. The van der Waals surface area contributed by atoms with Crippen molar-refractivity contribution in [3.8, 4) is 0 Å². The first kappa shape index (κ1) is 20.1. The van der Waals surface area contributed by atoms with Gasteiger partial charge < -0.3 is 14.6 Å². The van der Waals surface area contributed by atoms with Gasteiger partial charge in [-0.3, -0.25) is 14.4 Å². The van der Waals surface area contributed by atoms with Crippen molar-refractivity contribution < 1.29 is 14.3 Å². The lowest BCUT2D eigenvalue weighted by atomic mass is 9.97. The van der Waals surface area contributed by atoms with Gasteiger partial charge in [0.25, 0.3) is 11.5 Å². The van der Waals surface area contributed by atoms with Crippen molar-refractivity contribution in [3.05, 3.63) is 26.6 Å². The van der Waals surface area contributed by atoms with Crippen molar-refractivity contribution >= 4 is 33.4 Å². The quantitative estimate of drug-likeness (QED) is 0.755. The molecular formula is C21H27N3O4S.